The molecule has 0 fully saturated rings. The van der Waals surface area contributed by atoms with Crippen LogP contribution in [-0.2, 0) is 6.54 Å². The molecule has 2 rings (SSSR count). The number of nitrogens with one attached hydrogen (secondary N) is 2. The van der Waals surface area contributed by atoms with Crippen molar-refractivity contribution >= 4 is 29.0 Å². The van der Waals surface area contributed by atoms with Crippen LogP contribution in [0.3, 0.4) is 0 Å². The fourth-order valence-corrected chi connectivity index (χ4v) is 1.97. The van der Waals surface area contributed by atoms with Gasteiger partial charge in [-0.1, -0.05) is 41.4 Å². The Kier molecular flexibility index (Phi) is 4.48. The van der Waals surface area contributed by atoms with Gasteiger partial charge in [0.15, 0.2) is 0 Å². The van der Waals surface area contributed by atoms with Crippen LogP contribution in [-0.4, -0.2) is 6.03 Å². The summed E-state index contributed by atoms with van der Waals surface area (Å²) in [5.41, 5.74) is 8.91. The molecule has 0 aliphatic heterocycles. The van der Waals surface area contributed by atoms with Gasteiger partial charge in [0, 0.05) is 12.2 Å². The van der Waals surface area contributed by atoms with Gasteiger partial charge in [-0.05, 0) is 30.7 Å². The zero-order valence-corrected chi connectivity index (χ0v) is 11.9. The Morgan fingerprint density at radius 2 is 2.05 bits per heavy atom. The SMILES string of the molecule is Cc1cccc(CNC(=O)Nc2ccc(N)c(Cl)c2)c1. The minimum absolute atomic E-state index is 0.285. The molecule has 0 atom stereocenters. The number of benzene rings is 2. The molecule has 104 valence electrons. The molecule has 0 saturated heterocycles. The van der Waals surface area contributed by atoms with E-state index in [1.165, 1.54) is 0 Å². The first kappa shape index (κ1) is 14.2. The second-order valence-corrected chi connectivity index (χ2v) is 4.94. The Morgan fingerprint density at radius 3 is 2.75 bits per heavy atom. The van der Waals surface area contributed by atoms with Crippen molar-refractivity contribution in [2.24, 2.45) is 0 Å². The number of carbonyl (C=O) groups is 1. The maximum absolute atomic E-state index is 11.8. The Morgan fingerprint density at radius 1 is 1.25 bits per heavy atom. The number of amides is 2. The molecule has 0 aromatic heterocycles. The van der Waals surface area contributed by atoms with Crippen LogP contribution in [0.25, 0.3) is 0 Å². The first-order valence-corrected chi connectivity index (χ1v) is 6.58. The summed E-state index contributed by atoms with van der Waals surface area (Å²) in [6.07, 6.45) is 0. The number of anilines is 2. The van der Waals surface area contributed by atoms with E-state index in [1.807, 2.05) is 31.2 Å². The van der Waals surface area contributed by atoms with Crippen LogP contribution in [0, 0.1) is 6.92 Å². The largest absolute Gasteiger partial charge is 0.398 e. The van der Waals surface area contributed by atoms with E-state index in [0.717, 1.165) is 11.1 Å². The second kappa shape index (κ2) is 6.30. The number of urea groups is 1. The number of rotatable bonds is 3. The second-order valence-electron chi connectivity index (χ2n) is 4.53. The van der Waals surface area contributed by atoms with Gasteiger partial charge >= 0.3 is 6.03 Å². The van der Waals surface area contributed by atoms with Crippen LogP contribution in [0.5, 0.6) is 0 Å². The molecule has 4 nitrogen and oxygen atoms in total. The van der Waals surface area contributed by atoms with E-state index in [-0.39, 0.29) is 6.03 Å². The third kappa shape index (κ3) is 3.90. The Bertz CT molecular complexity index is 628. The number of nitrogens with two attached hydrogens (primary N) is 1. The predicted octanol–water partition coefficient (Wildman–Crippen LogP) is 3.55. The highest BCUT2D eigenvalue weighted by Gasteiger charge is 2.03. The number of hydrogen-bond donors (Lipinski definition) is 3. The summed E-state index contributed by atoms with van der Waals surface area (Å²) in [5, 5.41) is 5.91. The Balaban J connectivity index is 1.91. The lowest BCUT2D eigenvalue weighted by atomic mass is 10.1. The smallest absolute Gasteiger partial charge is 0.319 e. The predicted molar refractivity (Wildman–Crippen MR) is 82.9 cm³/mol. The van der Waals surface area contributed by atoms with Crippen molar-refractivity contribution in [3.05, 3.63) is 58.6 Å². The van der Waals surface area contributed by atoms with Gasteiger partial charge in [-0.25, -0.2) is 4.79 Å². The summed E-state index contributed by atoms with van der Waals surface area (Å²) < 4.78 is 0. The minimum Gasteiger partial charge on any atom is -0.398 e. The number of carbonyl (C=O) groups excluding carboxylic acids is 1. The third-order valence-corrected chi connectivity index (χ3v) is 3.12. The van der Waals surface area contributed by atoms with Crippen molar-refractivity contribution in [3.8, 4) is 0 Å². The van der Waals surface area contributed by atoms with E-state index < -0.39 is 0 Å². The molecule has 0 aliphatic carbocycles. The summed E-state index contributed by atoms with van der Waals surface area (Å²) in [6.45, 7) is 2.48. The van der Waals surface area contributed by atoms with Crippen LogP contribution >= 0.6 is 11.6 Å². The summed E-state index contributed by atoms with van der Waals surface area (Å²) in [4.78, 5) is 11.8. The van der Waals surface area contributed by atoms with Gasteiger partial charge in [-0.15, -0.1) is 0 Å². The average Bonchev–Trinajstić information content (AvgIpc) is 2.41. The van der Waals surface area contributed by atoms with Gasteiger partial charge in [-0.2, -0.15) is 0 Å². The molecule has 5 heteroatoms. The highest BCUT2D eigenvalue weighted by atomic mass is 35.5. The van der Waals surface area contributed by atoms with E-state index in [0.29, 0.717) is 22.9 Å². The standard InChI is InChI=1S/C15H16ClN3O/c1-10-3-2-4-11(7-10)9-18-15(20)19-12-5-6-14(17)13(16)8-12/h2-8H,9,17H2,1H3,(H2,18,19,20). The topological polar surface area (TPSA) is 67.2 Å². The maximum atomic E-state index is 11.8. The molecule has 2 aromatic carbocycles. The summed E-state index contributed by atoms with van der Waals surface area (Å²) in [6, 6.07) is 12.7. The van der Waals surface area contributed by atoms with Crippen molar-refractivity contribution in [1.29, 1.82) is 0 Å². The van der Waals surface area contributed by atoms with Gasteiger partial charge in [0.2, 0.25) is 0 Å². The maximum Gasteiger partial charge on any atom is 0.319 e. The minimum atomic E-state index is -0.285. The van der Waals surface area contributed by atoms with Crippen LogP contribution in [0.4, 0.5) is 16.2 Å². The fraction of sp³-hybridized carbons (Fsp3) is 0.133. The molecule has 0 radical (unpaired) electrons. The van der Waals surface area contributed by atoms with Crippen molar-refractivity contribution in [1.82, 2.24) is 5.32 Å². The van der Waals surface area contributed by atoms with Crippen LogP contribution < -0.4 is 16.4 Å². The lowest BCUT2D eigenvalue weighted by Crippen LogP contribution is -2.28. The van der Waals surface area contributed by atoms with E-state index in [2.05, 4.69) is 10.6 Å². The van der Waals surface area contributed by atoms with Crippen molar-refractivity contribution in [3.63, 3.8) is 0 Å². The quantitative estimate of drug-likeness (QED) is 0.756. The summed E-state index contributed by atoms with van der Waals surface area (Å²) in [7, 11) is 0. The molecule has 2 amide bonds. The Hall–Kier alpha value is -2.20. The highest BCUT2D eigenvalue weighted by molar-refractivity contribution is 6.33. The molecule has 20 heavy (non-hydrogen) atoms. The molecule has 0 aliphatic rings. The number of nitrogen functional groups attached to an aromatic ring is 1. The fourth-order valence-electron chi connectivity index (χ4n) is 1.78. The van der Waals surface area contributed by atoms with E-state index >= 15 is 0 Å². The van der Waals surface area contributed by atoms with Crippen LogP contribution in [0.2, 0.25) is 5.02 Å². The molecule has 0 heterocycles. The molecular weight excluding hydrogens is 274 g/mol. The van der Waals surface area contributed by atoms with Crippen molar-refractivity contribution < 1.29 is 4.79 Å². The first-order valence-electron chi connectivity index (χ1n) is 6.20. The summed E-state index contributed by atoms with van der Waals surface area (Å²) >= 11 is 5.89. The van der Waals surface area contributed by atoms with Gasteiger partial charge in [-0.3, -0.25) is 0 Å². The normalized spacial score (nSPS) is 10.1. The summed E-state index contributed by atoms with van der Waals surface area (Å²) in [5.74, 6) is 0. The van der Waals surface area contributed by atoms with Gasteiger partial charge in [0.1, 0.15) is 0 Å². The van der Waals surface area contributed by atoms with E-state index in [4.69, 9.17) is 17.3 Å². The van der Waals surface area contributed by atoms with E-state index in [1.54, 1.807) is 18.2 Å². The van der Waals surface area contributed by atoms with Crippen LogP contribution in [0.1, 0.15) is 11.1 Å². The average molecular weight is 290 g/mol. The first-order chi connectivity index (χ1) is 9.54. The molecular formula is C15H16ClN3O. The molecule has 4 N–H and O–H groups in total. The molecule has 0 bridgehead atoms. The molecule has 0 unspecified atom stereocenters. The molecule has 2 aromatic rings. The van der Waals surface area contributed by atoms with Crippen molar-refractivity contribution in [2.45, 2.75) is 13.5 Å². The number of hydrogen-bond acceptors (Lipinski definition) is 2. The number of halogens is 1. The number of aryl methyl sites for hydroxylation is 1. The van der Waals surface area contributed by atoms with E-state index in [9.17, 15) is 4.79 Å². The van der Waals surface area contributed by atoms with Gasteiger partial charge in [0.25, 0.3) is 0 Å². The van der Waals surface area contributed by atoms with Crippen LogP contribution in [0.15, 0.2) is 42.5 Å². The third-order valence-electron chi connectivity index (χ3n) is 2.79. The van der Waals surface area contributed by atoms with Crippen molar-refractivity contribution in [2.75, 3.05) is 11.1 Å². The molecule has 0 spiro atoms. The Labute approximate surface area is 122 Å². The zero-order valence-electron chi connectivity index (χ0n) is 11.1. The van der Waals surface area contributed by atoms with Gasteiger partial charge in [0.05, 0.1) is 10.7 Å². The lowest BCUT2D eigenvalue weighted by Gasteiger charge is -2.09. The zero-order chi connectivity index (χ0) is 14.5. The highest BCUT2D eigenvalue weighted by Crippen LogP contribution is 2.22. The lowest BCUT2D eigenvalue weighted by molar-refractivity contribution is 0.251. The van der Waals surface area contributed by atoms with Gasteiger partial charge < -0.3 is 16.4 Å². The molecule has 0 saturated carbocycles. The monoisotopic (exact) mass is 289 g/mol.